The maximum absolute atomic E-state index is 10.4. The predicted molar refractivity (Wildman–Crippen MR) is 115 cm³/mol. The summed E-state index contributed by atoms with van der Waals surface area (Å²) in [7, 11) is 5.64. The van der Waals surface area contributed by atoms with Crippen molar-refractivity contribution in [2.75, 3.05) is 45.8 Å². The standard InChI is InChI=1S/C22H29N5O3/c1-14(12-29-4)30-16-6-5-15-9-23-22(17(15)7-16)18-8-21(25-13-24-18)27-10-19(26(2)3)20(28)11-27/h5-8,13-14,19-20,28H,9-12H2,1-4H3/t14-,19-,20-/m0/s1. The number of hydrogen-bond donors (Lipinski definition) is 1. The van der Waals surface area contributed by atoms with Gasteiger partial charge in [0.1, 0.15) is 24.0 Å². The fourth-order valence-electron chi connectivity index (χ4n) is 4.07. The maximum Gasteiger partial charge on any atom is 0.132 e. The van der Waals surface area contributed by atoms with Crippen LogP contribution in [0.3, 0.4) is 0 Å². The quantitative estimate of drug-likeness (QED) is 0.736. The third-order valence-corrected chi connectivity index (χ3v) is 5.62. The molecule has 0 aliphatic carbocycles. The fourth-order valence-corrected chi connectivity index (χ4v) is 4.07. The number of anilines is 1. The molecule has 1 saturated heterocycles. The van der Waals surface area contributed by atoms with Gasteiger partial charge < -0.3 is 24.4 Å². The molecule has 2 aliphatic rings. The first-order valence-corrected chi connectivity index (χ1v) is 10.2. The molecule has 0 amide bonds. The lowest BCUT2D eigenvalue weighted by atomic mass is 10.0. The van der Waals surface area contributed by atoms with Crippen LogP contribution in [0.25, 0.3) is 0 Å². The highest BCUT2D eigenvalue weighted by Gasteiger charge is 2.33. The van der Waals surface area contributed by atoms with Crippen molar-refractivity contribution >= 4 is 11.5 Å². The Labute approximate surface area is 177 Å². The second-order valence-electron chi connectivity index (χ2n) is 8.13. The highest BCUT2D eigenvalue weighted by atomic mass is 16.5. The summed E-state index contributed by atoms with van der Waals surface area (Å²) in [6.07, 6.45) is 1.13. The van der Waals surface area contributed by atoms with E-state index in [1.807, 2.05) is 39.2 Å². The van der Waals surface area contributed by atoms with Gasteiger partial charge in [0.15, 0.2) is 0 Å². The molecule has 8 heteroatoms. The molecule has 2 aromatic rings. The minimum Gasteiger partial charge on any atom is -0.488 e. The van der Waals surface area contributed by atoms with Gasteiger partial charge >= 0.3 is 0 Å². The molecule has 2 aliphatic heterocycles. The van der Waals surface area contributed by atoms with Crippen LogP contribution in [0, 0.1) is 0 Å². The lowest BCUT2D eigenvalue weighted by molar-refractivity contribution is 0.0921. The Morgan fingerprint density at radius 2 is 2.07 bits per heavy atom. The van der Waals surface area contributed by atoms with Crippen molar-refractivity contribution in [3.63, 3.8) is 0 Å². The minimum atomic E-state index is -0.406. The van der Waals surface area contributed by atoms with E-state index in [9.17, 15) is 5.11 Å². The third-order valence-electron chi connectivity index (χ3n) is 5.62. The molecule has 30 heavy (non-hydrogen) atoms. The van der Waals surface area contributed by atoms with Crippen LogP contribution >= 0.6 is 0 Å². The molecule has 1 aromatic carbocycles. The topological polar surface area (TPSA) is 83.3 Å². The largest absolute Gasteiger partial charge is 0.488 e. The first kappa shape index (κ1) is 20.7. The maximum atomic E-state index is 10.4. The van der Waals surface area contributed by atoms with Gasteiger partial charge in [-0.25, -0.2) is 9.97 Å². The Bertz CT molecular complexity index is 933. The summed E-state index contributed by atoms with van der Waals surface area (Å²) < 4.78 is 11.1. The van der Waals surface area contributed by atoms with Gasteiger partial charge in [-0.1, -0.05) is 6.07 Å². The Morgan fingerprint density at radius 1 is 1.23 bits per heavy atom. The van der Waals surface area contributed by atoms with Crippen LogP contribution in [0.4, 0.5) is 5.82 Å². The van der Waals surface area contributed by atoms with Gasteiger partial charge in [0.05, 0.1) is 36.7 Å². The molecule has 4 rings (SSSR count). The van der Waals surface area contributed by atoms with Crippen LogP contribution in [0.15, 0.2) is 35.6 Å². The Morgan fingerprint density at radius 3 is 2.80 bits per heavy atom. The SMILES string of the molecule is COC[C@H](C)Oc1ccc2c(c1)C(c1cc(N3C[C@H](O)[C@@H](N(C)C)C3)ncn1)=NC2. The average molecular weight is 412 g/mol. The molecule has 1 fully saturated rings. The fraction of sp³-hybridized carbons (Fsp3) is 0.500. The molecule has 0 saturated carbocycles. The zero-order valence-corrected chi connectivity index (χ0v) is 17.9. The van der Waals surface area contributed by atoms with Gasteiger partial charge in [0, 0.05) is 31.8 Å². The van der Waals surface area contributed by atoms with Crippen LogP contribution in [-0.2, 0) is 11.3 Å². The van der Waals surface area contributed by atoms with Crippen LogP contribution in [-0.4, -0.2) is 84.8 Å². The molecule has 0 spiro atoms. The lowest BCUT2D eigenvalue weighted by Crippen LogP contribution is -2.38. The van der Waals surface area contributed by atoms with Crippen molar-refractivity contribution in [1.82, 2.24) is 14.9 Å². The number of nitrogens with zero attached hydrogens (tertiary/aromatic N) is 5. The number of hydrogen-bond acceptors (Lipinski definition) is 8. The molecule has 160 valence electrons. The Hall–Kier alpha value is -2.55. The second-order valence-corrected chi connectivity index (χ2v) is 8.13. The molecule has 1 aromatic heterocycles. The normalized spacial score (nSPS) is 21.7. The van der Waals surface area contributed by atoms with E-state index in [4.69, 9.17) is 14.5 Å². The number of benzene rings is 1. The Balaban J connectivity index is 1.56. The molecule has 0 radical (unpaired) electrons. The number of aliphatic imine (C=N–C) groups is 1. The summed E-state index contributed by atoms with van der Waals surface area (Å²) in [5.74, 6) is 1.60. The number of likely N-dealkylation sites (N-methyl/N-ethyl adjacent to an activating group) is 1. The summed E-state index contributed by atoms with van der Waals surface area (Å²) in [4.78, 5) is 17.8. The van der Waals surface area contributed by atoms with E-state index in [-0.39, 0.29) is 12.1 Å². The summed E-state index contributed by atoms with van der Waals surface area (Å²) >= 11 is 0. The monoisotopic (exact) mass is 411 g/mol. The number of fused-ring (bicyclic) bond motifs is 1. The highest BCUT2D eigenvalue weighted by molar-refractivity contribution is 6.14. The van der Waals surface area contributed by atoms with E-state index in [1.54, 1.807) is 13.4 Å². The molecule has 0 unspecified atom stereocenters. The van der Waals surface area contributed by atoms with Crippen molar-refractivity contribution in [1.29, 1.82) is 0 Å². The summed E-state index contributed by atoms with van der Waals surface area (Å²) in [6.45, 7) is 4.42. The first-order valence-electron chi connectivity index (χ1n) is 10.2. The van der Waals surface area contributed by atoms with Gasteiger partial charge in [0.2, 0.25) is 0 Å². The zero-order valence-electron chi connectivity index (χ0n) is 17.9. The van der Waals surface area contributed by atoms with Crippen LogP contribution < -0.4 is 9.64 Å². The minimum absolute atomic E-state index is 0.0354. The van der Waals surface area contributed by atoms with E-state index >= 15 is 0 Å². The molecule has 3 atom stereocenters. The Kier molecular flexibility index (Phi) is 5.99. The number of methoxy groups -OCH3 is 1. The van der Waals surface area contributed by atoms with Crippen LogP contribution in [0.5, 0.6) is 5.75 Å². The van der Waals surface area contributed by atoms with Gasteiger partial charge in [-0.2, -0.15) is 0 Å². The molecular weight excluding hydrogens is 382 g/mol. The van der Waals surface area contributed by atoms with E-state index in [0.29, 0.717) is 19.7 Å². The predicted octanol–water partition coefficient (Wildman–Crippen LogP) is 1.35. The van der Waals surface area contributed by atoms with Crippen LogP contribution in [0.1, 0.15) is 23.7 Å². The number of aliphatic hydroxyl groups excluding tert-OH is 1. The first-order chi connectivity index (χ1) is 14.5. The lowest BCUT2D eigenvalue weighted by Gasteiger charge is -2.22. The van der Waals surface area contributed by atoms with Gasteiger partial charge in [-0.05, 0) is 38.7 Å². The number of aliphatic hydroxyl groups is 1. The van der Waals surface area contributed by atoms with E-state index in [2.05, 4.69) is 25.8 Å². The molecule has 3 heterocycles. The van der Waals surface area contributed by atoms with E-state index in [0.717, 1.165) is 40.6 Å². The number of aromatic nitrogens is 2. The van der Waals surface area contributed by atoms with E-state index < -0.39 is 6.10 Å². The van der Waals surface area contributed by atoms with Gasteiger partial charge in [-0.3, -0.25) is 4.99 Å². The molecule has 8 nitrogen and oxygen atoms in total. The summed E-state index contributed by atoms with van der Waals surface area (Å²) in [6, 6.07) is 8.10. The second kappa shape index (κ2) is 8.67. The number of ether oxygens (including phenoxy) is 2. The molecule has 0 bridgehead atoms. The van der Waals surface area contributed by atoms with Crippen molar-refractivity contribution in [2.45, 2.75) is 31.7 Å². The van der Waals surface area contributed by atoms with Crippen molar-refractivity contribution in [2.24, 2.45) is 4.99 Å². The smallest absolute Gasteiger partial charge is 0.132 e. The van der Waals surface area contributed by atoms with Gasteiger partial charge in [0.25, 0.3) is 0 Å². The average Bonchev–Trinajstić information content (AvgIpc) is 3.31. The third kappa shape index (κ3) is 4.16. The van der Waals surface area contributed by atoms with Crippen LogP contribution in [0.2, 0.25) is 0 Å². The van der Waals surface area contributed by atoms with E-state index in [1.165, 1.54) is 0 Å². The summed E-state index contributed by atoms with van der Waals surface area (Å²) in [5.41, 5.74) is 3.82. The number of rotatable bonds is 7. The van der Waals surface area contributed by atoms with Crippen molar-refractivity contribution < 1.29 is 14.6 Å². The van der Waals surface area contributed by atoms with Gasteiger partial charge in [-0.15, -0.1) is 0 Å². The molecular formula is C22H29N5O3. The highest BCUT2D eigenvalue weighted by Crippen LogP contribution is 2.28. The zero-order chi connectivity index (χ0) is 21.3. The number of β-amino-alcohol motifs (C(OH)–C–C–N with tert-alkyl or cyclic N) is 1. The van der Waals surface area contributed by atoms with Crippen molar-refractivity contribution in [3.8, 4) is 5.75 Å². The summed E-state index contributed by atoms with van der Waals surface area (Å²) in [5, 5.41) is 10.4. The molecule has 1 N–H and O–H groups in total. The van der Waals surface area contributed by atoms with Crippen molar-refractivity contribution in [3.05, 3.63) is 47.4 Å².